The smallest absolute Gasteiger partial charge is 0.459 e. The highest BCUT2D eigenvalue weighted by Crippen LogP contribution is 2.51. The Morgan fingerprint density at radius 3 is 2.79 bits per heavy atom. The Morgan fingerprint density at radius 2 is 2.13 bits per heavy atom. The number of hydrogen-bond donors (Lipinski definition) is 4. The molecule has 2 heterocycles. The van der Waals surface area contributed by atoms with Crippen molar-refractivity contribution < 1.29 is 33.4 Å². The van der Waals surface area contributed by atoms with Crippen LogP contribution >= 0.6 is 7.75 Å². The summed E-state index contributed by atoms with van der Waals surface area (Å²) in [5, 5.41) is 22.8. The van der Waals surface area contributed by atoms with Gasteiger partial charge in [0, 0.05) is 6.04 Å². The quantitative estimate of drug-likeness (QED) is 0.204. The van der Waals surface area contributed by atoms with Gasteiger partial charge in [0.25, 0.3) is 0 Å². The lowest BCUT2D eigenvalue weighted by Gasteiger charge is -2.29. The molecule has 1 aliphatic rings. The van der Waals surface area contributed by atoms with Crippen LogP contribution in [0.25, 0.3) is 11.2 Å². The number of nitrogens with zero attached hydrogens (tertiary/aromatic N) is 4. The fourth-order valence-corrected chi connectivity index (χ4v) is 5.87. The van der Waals surface area contributed by atoms with Crippen molar-refractivity contribution in [3.63, 3.8) is 0 Å². The summed E-state index contributed by atoms with van der Waals surface area (Å²) in [5.41, 5.74) is 5.43. The number of para-hydroxylation sites is 1. The number of fused-ring (bicyclic) bond motifs is 1. The van der Waals surface area contributed by atoms with Gasteiger partial charge in [-0.25, -0.2) is 9.55 Å². The molecule has 13 nitrogen and oxygen atoms in total. The number of hydrogen-bond acceptors (Lipinski definition) is 10. The largest absolute Gasteiger partial charge is 0.480 e. The van der Waals surface area contributed by atoms with E-state index in [1.807, 2.05) is 6.92 Å². The van der Waals surface area contributed by atoms with Gasteiger partial charge in [-0.1, -0.05) is 24.1 Å². The van der Waals surface area contributed by atoms with Gasteiger partial charge in [-0.2, -0.15) is 15.1 Å². The monoisotopic (exact) mass is 544 g/mol. The number of terminal acetylenes is 1. The van der Waals surface area contributed by atoms with Crippen molar-refractivity contribution in [3.05, 3.63) is 36.7 Å². The second kappa shape index (κ2) is 11.0. The summed E-state index contributed by atoms with van der Waals surface area (Å²) in [5.74, 6) is 1.81. The number of ether oxygens (including phenoxy) is 1. The number of nitrogens with one attached hydrogen (secondary N) is 1. The molecule has 14 heteroatoms. The number of carboxylic acid groups (broad SMARTS) is 1. The lowest BCUT2D eigenvalue weighted by atomic mass is 9.86. The number of nitrogens with two attached hydrogens (primary N) is 1. The predicted octanol–water partition coefficient (Wildman–Crippen LogP) is 2.39. The third kappa shape index (κ3) is 5.58. The van der Waals surface area contributed by atoms with Crippen LogP contribution in [0.15, 0.2) is 36.7 Å². The van der Waals surface area contributed by atoms with E-state index in [1.165, 1.54) is 6.92 Å². The van der Waals surface area contributed by atoms with Crippen LogP contribution in [0, 0.1) is 17.8 Å². The van der Waals surface area contributed by atoms with Crippen LogP contribution in [-0.2, 0) is 13.9 Å². The molecule has 1 fully saturated rings. The van der Waals surface area contributed by atoms with Crippen molar-refractivity contribution in [2.45, 2.75) is 44.9 Å². The molecule has 202 valence electrons. The van der Waals surface area contributed by atoms with E-state index in [0.717, 1.165) is 0 Å². The van der Waals surface area contributed by atoms with Gasteiger partial charge >= 0.3 is 13.7 Å². The number of aliphatic carboxylic acids is 1. The van der Waals surface area contributed by atoms with E-state index in [-0.39, 0.29) is 43.1 Å². The maximum absolute atomic E-state index is 13.6. The van der Waals surface area contributed by atoms with Gasteiger partial charge in [0.15, 0.2) is 11.2 Å². The second-order valence-corrected chi connectivity index (χ2v) is 10.6. The molecule has 0 bridgehead atoms. The highest BCUT2D eigenvalue weighted by molar-refractivity contribution is 7.52. The minimum Gasteiger partial charge on any atom is -0.480 e. The highest BCUT2D eigenvalue weighted by Gasteiger charge is 2.49. The lowest BCUT2D eigenvalue weighted by Crippen LogP contribution is -2.37. The third-order valence-electron chi connectivity index (χ3n) is 6.28. The van der Waals surface area contributed by atoms with E-state index in [0.29, 0.717) is 17.8 Å². The Bertz CT molecular complexity index is 1390. The van der Waals surface area contributed by atoms with Crippen LogP contribution in [0.5, 0.6) is 11.6 Å². The molecule has 3 aromatic rings. The fraction of sp³-hybridized carbons (Fsp3) is 0.417. The molecule has 0 amide bonds. The molecular weight excluding hydrogens is 515 g/mol. The van der Waals surface area contributed by atoms with E-state index < -0.39 is 31.3 Å². The standard InChI is InChI=1S/C24H29N6O7P/c1-4-24(13-36-38(34,29-15(3)22(32)33)37-17-9-7-6-8-10-17)12-16(11-18(24)31)30-14-26-19-20(30)27-23(25)28-21(19)35-5-2/h1,6-10,14-16,18,31H,5,11-13H2,2-3H3,(H,29,34)(H,32,33)(H2,25,27,28)/t15-,16+,18+,24-,38?/m0/s1. The van der Waals surface area contributed by atoms with Gasteiger partial charge in [-0.05, 0) is 38.8 Å². The van der Waals surface area contributed by atoms with Crippen molar-refractivity contribution >= 4 is 30.8 Å². The molecule has 0 radical (unpaired) electrons. The van der Waals surface area contributed by atoms with E-state index in [2.05, 4.69) is 26.0 Å². The summed E-state index contributed by atoms with van der Waals surface area (Å²) >= 11 is 0. The van der Waals surface area contributed by atoms with Crippen LogP contribution in [0.1, 0.15) is 32.7 Å². The summed E-state index contributed by atoms with van der Waals surface area (Å²) in [4.78, 5) is 24.2. The number of benzene rings is 1. The first-order valence-electron chi connectivity index (χ1n) is 11.9. The first kappa shape index (κ1) is 27.3. The number of anilines is 1. The molecule has 5 atom stereocenters. The number of carboxylic acids is 1. The number of imidazole rings is 1. The van der Waals surface area contributed by atoms with Crippen LogP contribution in [0.2, 0.25) is 0 Å². The van der Waals surface area contributed by atoms with Gasteiger partial charge in [-0.3, -0.25) is 9.32 Å². The lowest BCUT2D eigenvalue weighted by molar-refractivity contribution is -0.138. The molecule has 1 saturated carbocycles. The molecule has 1 aliphatic carbocycles. The van der Waals surface area contributed by atoms with Crippen molar-refractivity contribution in [1.29, 1.82) is 0 Å². The zero-order chi connectivity index (χ0) is 27.5. The summed E-state index contributed by atoms with van der Waals surface area (Å²) in [6.07, 6.45) is 6.81. The number of rotatable bonds is 11. The number of aliphatic hydroxyl groups is 1. The molecule has 1 aromatic carbocycles. The minimum absolute atomic E-state index is 0.00501. The predicted molar refractivity (Wildman–Crippen MR) is 137 cm³/mol. The molecule has 0 spiro atoms. The van der Waals surface area contributed by atoms with Gasteiger partial charge in [0.05, 0.1) is 31.1 Å². The molecule has 4 rings (SSSR count). The summed E-state index contributed by atoms with van der Waals surface area (Å²) in [7, 11) is -4.24. The number of carbonyl (C=O) groups is 1. The Morgan fingerprint density at radius 1 is 1.39 bits per heavy atom. The van der Waals surface area contributed by atoms with Gasteiger partial charge in [0.2, 0.25) is 11.8 Å². The average Bonchev–Trinajstić information content (AvgIpc) is 3.44. The Kier molecular flexibility index (Phi) is 7.89. The van der Waals surface area contributed by atoms with Crippen LogP contribution in [0.3, 0.4) is 0 Å². The zero-order valence-electron chi connectivity index (χ0n) is 20.9. The van der Waals surface area contributed by atoms with Crippen molar-refractivity contribution in [2.24, 2.45) is 5.41 Å². The third-order valence-corrected chi connectivity index (χ3v) is 7.91. The van der Waals surface area contributed by atoms with Crippen molar-refractivity contribution in [1.82, 2.24) is 24.6 Å². The zero-order valence-corrected chi connectivity index (χ0v) is 21.7. The van der Waals surface area contributed by atoms with E-state index in [1.54, 1.807) is 41.2 Å². The Balaban J connectivity index is 1.59. The van der Waals surface area contributed by atoms with Gasteiger partial charge in [0.1, 0.15) is 11.8 Å². The number of aliphatic hydroxyl groups excluding tert-OH is 1. The Hall–Kier alpha value is -3.69. The Labute approximate surface area is 218 Å². The van der Waals surface area contributed by atoms with E-state index in [9.17, 15) is 19.6 Å². The summed E-state index contributed by atoms with van der Waals surface area (Å²) < 4.78 is 32.1. The van der Waals surface area contributed by atoms with Crippen LogP contribution in [-0.4, -0.2) is 61.1 Å². The topological polar surface area (TPSA) is 184 Å². The van der Waals surface area contributed by atoms with Gasteiger partial charge < -0.3 is 29.8 Å². The fourth-order valence-electron chi connectivity index (χ4n) is 4.30. The SMILES string of the molecule is C#C[C@@]1(COP(=O)(N[C@@H](C)C(=O)O)Oc2ccccc2)C[C@H](n2cnc3c(OCC)nc(N)nc32)C[C@H]1O. The van der Waals surface area contributed by atoms with Crippen molar-refractivity contribution in [3.8, 4) is 24.0 Å². The van der Waals surface area contributed by atoms with Crippen LogP contribution < -0.4 is 20.1 Å². The maximum Gasteiger partial charge on any atom is 0.459 e. The summed E-state index contributed by atoms with van der Waals surface area (Å²) in [6, 6.07) is 6.55. The molecule has 38 heavy (non-hydrogen) atoms. The number of aromatic nitrogens is 4. The minimum atomic E-state index is -4.24. The summed E-state index contributed by atoms with van der Waals surface area (Å²) in [6.45, 7) is 3.09. The molecule has 0 saturated heterocycles. The highest BCUT2D eigenvalue weighted by atomic mass is 31.2. The van der Waals surface area contributed by atoms with Crippen LogP contribution in [0.4, 0.5) is 5.95 Å². The normalized spacial score (nSPS) is 23.4. The first-order chi connectivity index (χ1) is 18.1. The van der Waals surface area contributed by atoms with E-state index >= 15 is 0 Å². The second-order valence-electron chi connectivity index (χ2n) is 8.92. The molecular formula is C24H29N6O7P. The molecule has 2 aromatic heterocycles. The molecule has 1 unspecified atom stereocenters. The number of nitrogen functional groups attached to an aromatic ring is 1. The maximum atomic E-state index is 13.6. The average molecular weight is 545 g/mol. The first-order valence-corrected chi connectivity index (χ1v) is 13.4. The van der Waals surface area contributed by atoms with Gasteiger partial charge in [-0.15, -0.1) is 6.42 Å². The van der Waals surface area contributed by atoms with E-state index in [4.69, 9.17) is 25.9 Å². The van der Waals surface area contributed by atoms with Crippen molar-refractivity contribution in [2.75, 3.05) is 18.9 Å². The molecule has 5 N–H and O–H groups in total. The molecule has 0 aliphatic heterocycles.